The molecule has 1 heterocycles. The zero-order valence-electron chi connectivity index (χ0n) is 13.8. The van der Waals surface area contributed by atoms with Crippen molar-refractivity contribution in [2.24, 2.45) is 0 Å². The molecule has 0 bridgehead atoms. The number of hydrogen-bond donors (Lipinski definition) is 2. The lowest BCUT2D eigenvalue weighted by Gasteiger charge is -2.20. The summed E-state index contributed by atoms with van der Waals surface area (Å²) in [4.78, 5) is 12.2. The van der Waals surface area contributed by atoms with E-state index in [4.69, 9.17) is 0 Å². The maximum absolute atomic E-state index is 12.2. The van der Waals surface area contributed by atoms with Gasteiger partial charge in [-0.3, -0.25) is 4.79 Å². The number of nitrogens with one attached hydrogen (secondary N) is 1. The molecule has 0 aliphatic carbocycles. The summed E-state index contributed by atoms with van der Waals surface area (Å²) in [5.74, 6) is -0.376. The summed E-state index contributed by atoms with van der Waals surface area (Å²) < 4.78 is 2.26. The van der Waals surface area contributed by atoms with Crippen molar-refractivity contribution in [3.05, 3.63) is 42.5 Å². The topological polar surface area (TPSA) is 54.3 Å². The number of aliphatic hydroxyl groups is 1. The molecule has 0 aliphatic rings. The number of carbonyl (C=O) groups excluding carboxylic acids is 1. The Bertz CT molecular complexity index is 878. The highest BCUT2D eigenvalue weighted by atomic mass is 16.3. The second-order valence-corrected chi connectivity index (χ2v) is 6.07. The van der Waals surface area contributed by atoms with Crippen LogP contribution in [0.3, 0.4) is 0 Å². The molecule has 23 heavy (non-hydrogen) atoms. The van der Waals surface area contributed by atoms with Gasteiger partial charge in [-0.2, -0.15) is 0 Å². The Kier molecular flexibility index (Phi) is 3.86. The van der Waals surface area contributed by atoms with Crippen molar-refractivity contribution in [2.75, 3.05) is 5.32 Å². The highest BCUT2D eigenvalue weighted by Gasteiger charge is 2.27. The van der Waals surface area contributed by atoms with E-state index in [1.54, 1.807) is 6.92 Å². The Morgan fingerprint density at radius 3 is 2.52 bits per heavy atom. The van der Waals surface area contributed by atoms with Crippen LogP contribution in [0.5, 0.6) is 0 Å². The van der Waals surface area contributed by atoms with Gasteiger partial charge in [0.15, 0.2) is 0 Å². The minimum Gasteiger partial charge on any atom is -0.380 e. The van der Waals surface area contributed by atoms with Crippen LogP contribution in [0.4, 0.5) is 5.69 Å². The van der Waals surface area contributed by atoms with Crippen molar-refractivity contribution >= 4 is 33.4 Å². The molecule has 2 aromatic carbocycles. The number of carbonyl (C=O) groups is 1. The average Bonchev–Trinajstić information content (AvgIpc) is 2.88. The molecule has 0 saturated heterocycles. The average molecular weight is 310 g/mol. The predicted octanol–water partition coefficient (Wildman–Crippen LogP) is 3.91. The lowest BCUT2D eigenvalue weighted by atomic mass is 10.0. The fourth-order valence-corrected chi connectivity index (χ4v) is 2.90. The van der Waals surface area contributed by atoms with Crippen LogP contribution >= 0.6 is 0 Å². The molecule has 1 unspecified atom stereocenters. The van der Waals surface area contributed by atoms with Gasteiger partial charge < -0.3 is 15.0 Å². The first-order chi connectivity index (χ1) is 11.0. The molecule has 4 heteroatoms. The van der Waals surface area contributed by atoms with E-state index < -0.39 is 5.60 Å². The molecule has 2 N–H and O–H groups in total. The first-order valence-corrected chi connectivity index (χ1v) is 8.02. The standard InChI is InChI=1S/C19H22N2O2/c1-4-19(3,23)18(22)20-13-10-11-17-15(12-13)14-8-6-7-9-16(14)21(17)5-2/h6-12,23H,4-5H2,1-3H3,(H,20,22). The second kappa shape index (κ2) is 5.70. The fourth-order valence-electron chi connectivity index (χ4n) is 2.90. The molecule has 1 amide bonds. The Labute approximate surface area is 135 Å². The molecule has 120 valence electrons. The van der Waals surface area contributed by atoms with Gasteiger partial charge in [-0.25, -0.2) is 0 Å². The van der Waals surface area contributed by atoms with E-state index in [0.717, 1.165) is 17.4 Å². The highest BCUT2D eigenvalue weighted by Crippen LogP contribution is 2.31. The Balaban J connectivity index is 2.09. The van der Waals surface area contributed by atoms with Crippen molar-refractivity contribution < 1.29 is 9.90 Å². The molecule has 1 atom stereocenters. The van der Waals surface area contributed by atoms with Crippen molar-refractivity contribution in [3.63, 3.8) is 0 Å². The molecule has 0 spiro atoms. The number of aromatic nitrogens is 1. The molecule has 1 aromatic heterocycles. The van der Waals surface area contributed by atoms with Crippen LogP contribution < -0.4 is 5.32 Å². The molecular weight excluding hydrogens is 288 g/mol. The molecule has 3 rings (SSSR count). The van der Waals surface area contributed by atoms with Crippen LogP contribution in [0.25, 0.3) is 21.8 Å². The van der Waals surface area contributed by atoms with Crippen molar-refractivity contribution in [1.29, 1.82) is 0 Å². The van der Waals surface area contributed by atoms with E-state index >= 15 is 0 Å². The van der Waals surface area contributed by atoms with E-state index in [1.165, 1.54) is 17.8 Å². The predicted molar refractivity (Wildman–Crippen MR) is 94.7 cm³/mol. The molecular formula is C19H22N2O2. The number of amides is 1. The number of rotatable bonds is 4. The highest BCUT2D eigenvalue weighted by molar-refractivity contribution is 6.10. The van der Waals surface area contributed by atoms with Crippen LogP contribution in [-0.2, 0) is 11.3 Å². The van der Waals surface area contributed by atoms with E-state index in [-0.39, 0.29) is 5.91 Å². The molecule has 4 nitrogen and oxygen atoms in total. The van der Waals surface area contributed by atoms with Gasteiger partial charge in [-0.15, -0.1) is 0 Å². The minimum absolute atomic E-state index is 0.371. The number of hydrogen-bond acceptors (Lipinski definition) is 2. The molecule has 3 aromatic rings. The zero-order chi connectivity index (χ0) is 16.6. The summed E-state index contributed by atoms with van der Waals surface area (Å²) in [6.07, 6.45) is 0.371. The first kappa shape index (κ1) is 15.6. The van der Waals surface area contributed by atoms with Gasteiger partial charge in [0.1, 0.15) is 5.60 Å². The van der Waals surface area contributed by atoms with E-state index in [1.807, 2.05) is 30.3 Å². The first-order valence-electron chi connectivity index (χ1n) is 8.02. The number of aryl methyl sites for hydroxylation is 1. The summed E-state index contributed by atoms with van der Waals surface area (Å²) in [5.41, 5.74) is 1.69. The summed E-state index contributed by atoms with van der Waals surface area (Å²) >= 11 is 0. The van der Waals surface area contributed by atoms with Crippen LogP contribution in [0.1, 0.15) is 27.2 Å². The van der Waals surface area contributed by atoms with Gasteiger partial charge >= 0.3 is 0 Å². The zero-order valence-corrected chi connectivity index (χ0v) is 13.8. The fraction of sp³-hybridized carbons (Fsp3) is 0.316. The number of para-hydroxylation sites is 1. The maximum Gasteiger partial charge on any atom is 0.256 e. The van der Waals surface area contributed by atoms with Crippen LogP contribution in [0.2, 0.25) is 0 Å². The number of fused-ring (bicyclic) bond motifs is 3. The Hall–Kier alpha value is -2.33. The summed E-state index contributed by atoms with van der Waals surface area (Å²) in [7, 11) is 0. The third kappa shape index (κ3) is 2.59. The summed E-state index contributed by atoms with van der Waals surface area (Å²) in [6.45, 7) is 6.34. The van der Waals surface area contributed by atoms with Gasteiger partial charge in [-0.05, 0) is 44.5 Å². The maximum atomic E-state index is 12.2. The number of nitrogens with zero attached hydrogens (tertiary/aromatic N) is 1. The van der Waals surface area contributed by atoms with Gasteiger partial charge in [-0.1, -0.05) is 25.1 Å². The van der Waals surface area contributed by atoms with Gasteiger partial charge in [0.2, 0.25) is 0 Å². The molecule has 0 saturated carbocycles. The van der Waals surface area contributed by atoms with Gasteiger partial charge in [0, 0.05) is 34.0 Å². The SMILES string of the molecule is CCn1c2ccccc2c2cc(NC(=O)C(C)(O)CC)ccc21. The largest absolute Gasteiger partial charge is 0.380 e. The summed E-state index contributed by atoms with van der Waals surface area (Å²) in [6, 6.07) is 14.2. The molecule has 0 radical (unpaired) electrons. The van der Waals surface area contributed by atoms with Crippen LogP contribution in [-0.4, -0.2) is 21.2 Å². The normalized spacial score (nSPS) is 14.1. The third-order valence-corrected chi connectivity index (χ3v) is 4.52. The second-order valence-electron chi connectivity index (χ2n) is 6.07. The van der Waals surface area contributed by atoms with E-state index in [0.29, 0.717) is 12.1 Å². The van der Waals surface area contributed by atoms with Crippen molar-refractivity contribution in [1.82, 2.24) is 4.57 Å². The molecule has 0 aliphatic heterocycles. The van der Waals surface area contributed by atoms with Crippen molar-refractivity contribution in [3.8, 4) is 0 Å². The Morgan fingerprint density at radius 2 is 1.83 bits per heavy atom. The minimum atomic E-state index is -1.35. The summed E-state index contributed by atoms with van der Waals surface area (Å²) in [5, 5.41) is 15.2. The van der Waals surface area contributed by atoms with Crippen LogP contribution in [0, 0.1) is 0 Å². The third-order valence-electron chi connectivity index (χ3n) is 4.52. The monoisotopic (exact) mass is 310 g/mol. The van der Waals surface area contributed by atoms with Crippen molar-refractivity contribution in [2.45, 2.75) is 39.3 Å². The lowest BCUT2D eigenvalue weighted by Crippen LogP contribution is -2.39. The van der Waals surface area contributed by atoms with Gasteiger partial charge in [0.25, 0.3) is 5.91 Å². The lowest BCUT2D eigenvalue weighted by molar-refractivity contribution is -0.132. The Morgan fingerprint density at radius 1 is 1.13 bits per heavy atom. The number of anilines is 1. The van der Waals surface area contributed by atoms with Crippen LogP contribution in [0.15, 0.2) is 42.5 Å². The number of benzene rings is 2. The smallest absolute Gasteiger partial charge is 0.256 e. The van der Waals surface area contributed by atoms with E-state index in [2.05, 4.69) is 28.9 Å². The quantitative estimate of drug-likeness (QED) is 0.767. The van der Waals surface area contributed by atoms with Gasteiger partial charge in [0.05, 0.1) is 0 Å². The van der Waals surface area contributed by atoms with E-state index in [9.17, 15) is 9.90 Å². The molecule has 0 fully saturated rings.